The number of thiophene rings is 1. The Labute approximate surface area is 211 Å². The highest BCUT2D eigenvalue weighted by molar-refractivity contribution is 7.08. The van der Waals surface area contributed by atoms with Crippen LogP contribution in [0, 0.1) is 0 Å². The highest BCUT2D eigenvalue weighted by Crippen LogP contribution is 2.32. The molecule has 4 rings (SSSR count). The summed E-state index contributed by atoms with van der Waals surface area (Å²) in [5.41, 5.74) is 2.20. The largest absolute Gasteiger partial charge is 0.435 e. The van der Waals surface area contributed by atoms with Crippen molar-refractivity contribution in [2.75, 3.05) is 4.90 Å². The molecule has 0 aliphatic rings. The highest BCUT2D eigenvalue weighted by atomic mass is 32.1. The molecule has 2 aromatic carbocycles. The first kappa shape index (κ1) is 25.4. The lowest BCUT2D eigenvalue weighted by Gasteiger charge is -2.33. The first-order valence-electron chi connectivity index (χ1n) is 11.4. The van der Waals surface area contributed by atoms with Gasteiger partial charge in [0.25, 0.3) is 0 Å². The molecule has 1 atom stereocenters. The van der Waals surface area contributed by atoms with Gasteiger partial charge >= 0.3 is 6.61 Å². The monoisotopic (exact) mass is 511 g/mol. The van der Waals surface area contributed by atoms with E-state index in [1.807, 2.05) is 55.8 Å². The number of carbonyl (C=O) groups excluding carboxylic acids is 2. The Hall–Kier alpha value is -3.72. The third-order valence-corrected chi connectivity index (χ3v) is 6.19. The van der Waals surface area contributed by atoms with Crippen molar-refractivity contribution >= 4 is 39.7 Å². The van der Waals surface area contributed by atoms with Crippen molar-refractivity contribution in [3.8, 4) is 5.75 Å². The van der Waals surface area contributed by atoms with Crippen LogP contribution in [0.5, 0.6) is 5.75 Å². The maximum absolute atomic E-state index is 13.9. The molecule has 6 nitrogen and oxygen atoms in total. The van der Waals surface area contributed by atoms with Gasteiger partial charge in [0.2, 0.25) is 11.8 Å². The van der Waals surface area contributed by atoms with E-state index in [2.05, 4.69) is 15.0 Å². The maximum Gasteiger partial charge on any atom is 0.387 e. The molecule has 0 fully saturated rings. The molecule has 0 saturated carbocycles. The van der Waals surface area contributed by atoms with Gasteiger partial charge in [0, 0.05) is 28.3 Å². The van der Waals surface area contributed by atoms with Crippen LogP contribution >= 0.6 is 11.3 Å². The fourth-order valence-corrected chi connectivity index (χ4v) is 4.72. The second-order valence-electron chi connectivity index (χ2n) is 9.37. The number of alkyl halides is 2. The van der Waals surface area contributed by atoms with Gasteiger partial charge in [-0.25, -0.2) is 0 Å². The lowest BCUT2D eigenvalue weighted by Crippen LogP contribution is -2.49. The van der Waals surface area contributed by atoms with E-state index in [0.717, 1.165) is 16.5 Å². The van der Waals surface area contributed by atoms with Crippen molar-refractivity contribution in [2.24, 2.45) is 0 Å². The number of H-pyrrole nitrogens is 1. The van der Waals surface area contributed by atoms with Crippen molar-refractivity contribution in [3.05, 3.63) is 82.7 Å². The molecule has 0 aliphatic heterocycles. The summed E-state index contributed by atoms with van der Waals surface area (Å²) in [6.07, 6.45) is 1.82. The van der Waals surface area contributed by atoms with Gasteiger partial charge in [-0.3, -0.25) is 14.5 Å². The van der Waals surface area contributed by atoms with Gasteiger partial charge in [-0.2, -0.15) is 20.1 Å². The quantitative estimate of drug-likeness (QED) is 0.302. The van der Waals surface area contributed by atoms with Crippen LogP contribution in [0.3, 0.4) is 0 Å². The molecule has 2 N–H and O–H groups in total. The molecule has 36 heavy (non-hydrogen) atoms. The van der Waals surface area contributed by atoms with Gasteiger partial charge in [-0.1, -0.05) is 18.2 Å². The summed E-state index contributed by atoms with van der Waals surface area (Å²) in [6.45, 7) is 2.63. The zero-order chi connectivity index (χ0) is 25.9. The van der Waals surface area contributed by atoms with Gasteiger partial charge in [0.1, 0.15) is 11.8 Å². The molecule has 0 spiro atoms. The van der Waals surface area contributed by atoms with Crippen LogP contribution in [0.25, 0.3) is 10.9 Å². The molecule has 0 saturated heterocycles. The van der Waals surface area contributed by atoms with E-state index in [1.165, 1.54) is 40.5 Å². The molecule has 1 unspecified atom stereocenters. The minimum absolute atomic E-state index is 0.0305. The third-order valence-electron chi connectivity index (χ3n) is 5.49. The lowest BCUT2D eigenvalue weighted by molar-refractivity contribution is -0.127. The van der Waals surface area contributed by atoms with E-state index >= 15 is 0 Å². The number of benzene rings is 2. The Bertz CT molecular complexity index is 1330. The summed E-state index contributed by atoms with van der Waals surface area (Å²) in [7, 11) is 0. The molecule has 2 aromatic heterocycles. The number of nitrogens with one attached hydrogen (secondary N) is 2. The number of aromatic nitrogens is 1. The SMILES string of the molecule is CC(C)(C)NC(=O)C(c1ccsc1)N(C(=O)Cc1c[nH]c2ccccc12)c1ccc(OC(F)F)cc1. The standard InChI is InChI=1S/C27H27F2N3O3S/c1-27(2,3)31-25(34)24(17-12-13-36-16-17)32(19-8-10-20(11-9-19)35-26(28)29)23(33)14-18-15-30-22-7-5-4-6-21(18)22/h4-13,15-16,24,26,30H,14H2,1-3H3,(H,31,34). The minimum atomic E-state index is -2.97. The Morgan fingerprint density at radius 1 is 1.08 bits per heavy atom. The van der Waals surface area contributed by atoms with E-state index in [9.17, 15) is 18.4 Å². The molecule has 188 valence electrons. The number of hydrogen-bond donors (Lipinski definition) is 2. The van der Waals surface area contributed by atoms with Crippen molar-refractivity contribution in [1.82, 2.24) is 10.3 Å². The van der Waals surface area contributed by atoms with Gasteiger partial charge in [0.15, 0.2) is 0 Å². The Balaban J connectivity index is 1.76. The van der Waals surface area contributed by atoms with E-state index in [4.69, 9.17) is 0 Å². The molecular formula is C27H27F2N3O3S. The van der Waals surface area contributed by atoms with E-state index < -0.39 is 18.2 Å². The second-order valence-corrected chi connectivity index (χ2v) is 10.2. The number of nitrogens with zero attached hydrogens (tertiary/aromatic N) is 1. The van der Waals surface area contributed by atoms with Crippen LogP contribution in [-0.2, 0) is 16.0 Å². The van der Waals surface area contributed by atoms with Crippen molar-refractivity contribution < 1.29 is 23.1 Å². The lowest BCUT2D eigenvalue weighted by atomic mass is 10.0. The summed E-state index contributed by atoms with van der Waals surface area (Å²) in [5.74, 6) is -0.701. The fourth-order valence-electron chi connectivity index (χ4n) is 4.04. The first-order valence-corrected chi connectivity index (χ1v) is 12.3. The topological polar surface area (TPSA) is 74.4 Å². The number of halogens is 2. The van der Waals surface area contributed by atoms with Crippen LogP contribution in [0.15, 0.2) is 71.6 Å². The first-order chi connectivity index (χ1) is 17.1. The van der Waals surface area contributed by atoms with Crippen LogP contribution in [-0.4, -0.2) is 28.9 Å². The predicted octanol–water partition coefficient (Wildman–Crippen LogP) is 6.06. The summed E-state index contributed by atoms with van der Waals surface area (Å²) < 4.78 is 29.8. The van der Waals surface area contributed by atoms with Gasteiger partial charge in [-0.05, 0) is 79.1 Å². The smallest absolute Gasteiger partial charge is 0.387 e. The molecule has 9 heteroatoms. The number of fused-ring (bicyclic) bond motifs is 1. The number of hydrogen-bond acceptors (Lipinski definition) is 4. The molecule has 0 aliphatic carbocycles. The van der Waals surface area contributed by atoms with Crippen molar-refractivity contribution in [2.45, 2.75) is 45.4 Å². The maximum atomic E-state index is 13.9. The Morgan fingerprint density at radius 3 is 2.44 bits per heavy atom. The Kier molecular flexibility index (Phi) is 7.40. The van der Waals surface area contributed by atoms with Crippen LogP contribution in [0.2, 0.25) is 0 Å². The summed E-state index contributed by atoms with van der Waals surface area (Å²) in [5, 5.41) is 7.56. The average molecular weight is 512 g/mol. The number of para-hydroxylation sites is 1. The summed E-state index contributed by atoms with van der Waals surface area (Å²) in [4.78, 5) is 32.1. The molecule has 2 heterocycles. The van der Waals surface area contributed by atoms with Crippen LogP contribution < -0.4 is 15.0 Å². The molecule has 0 radical (unpaired) electrons. The number of aromatic amines is 1. The van der Waals surface area contributed by atoms with Crippen molar-refractivity contribution in [1.29, 1.82) is 0 Å². The zero-order valence-electron chi connectivity index (χ0n) is 20.1. The van der Waals surface area contributed by atoms with Gasteiger partial charge in [0.05, 0.1) is 6.42 Å². The molecule has 4 aromatic rings. The number of carbonyl (C=O) groups is 2. The normalized spacial score (nSPS) is 12.5. The van der Waals surface area contributed by atoms with Crippen molar-refractivity contribution in [3.63, 3.8) is 0 Å². The van der Waals surface area contributed by atoms with E-state index in [1.54, 1.807) is 12.3 Å². The average Bonchev–Trinajstić information content (AvgIpc) is 3.47. The van der Waals surface area contributed by atoms with Gasteiger partial charge < -0.3 is 15.0 Å². The molecule has 0 bridgehead atoms. The van der Waals surface area contributed by atoms with Gasteiger partial charge in [-0.15, -0.1) is 0 Å². The number of rotatable bonds is 8. The van der Waals surface area contributed by atoms with E-state index in [-0.39, 0.29) is 24.0 Å². The number of anilines is 1. The van der Waals surface area contributed by atoms with Crippen LogP contribution in [0.1, 0.15) is 37.9 Å². The number of amides is 2. The summed E-state index contributed by atoms with van der Waals surface area (Å²) in [6, 6.07) is 14.2. The third kappa shape index (κ3) is 5.91. The summed E-state index contributed by atoms with van der Waals surface area (Å²) >= 11 is 1.42. The number of ether oxygens (including phenoxy) is 1. The molecule has 2 amide bonds. The fraction of sp³-hybridized carbons (Fsp3) is 0.259. The molecular weight excluding hydrogens is 484 g/mol. The zero-order valence-corrected chi connectivity index (χ0v) is 20.9. The minimum Gasteiger partial charge on any atom is -0.435 e. The second kappa shape index (κ2) is 10.5. The Morgan fingerprint density at radius 2 is 1.81 bits per heavy atom. The predicted molar refractivity (Wildman–Crippen MR) is 138 cm³/mol. The van der Waals surface area contributed by atoms with E-state index in [0.29, 0.717) is 11.3 Å². The highest BCUT2D eigenvalue weighted by Gasteiger charge is 2.35. The van der Waals surface area contributed by atoms with Crippen LogP contribution in [0.4, 0.5) is 14.5 Å².